The van der Waals surface area contributed by atoms with Crippen LogP contribution in [0.3, 0.4) is 0 Å². The summed E-state index contributed by atoms with van der Waals surface area (Å²) in [4.78, 5) is 22.9. The molecule has 1 aliphatic rings. The van der Waals surface area contributed by atoms with Crippen LogP contribution >= 0.6 is 11.6 Å². The zero-order valence-corrected chi connectivity index (χ0v) is 13.3. The number of hydrogen-bond acceptors (Lipinski definition) is 2. The third-order valence-corrected chi connectivity index (χ3v) is 4.38. The lowest BCUT2D eigenvalue weighted by atomic mass is 9.86. The van der Waals surface area contributed by atoms with E-state index in [1.807, 2.05) is 19.1 Å². The summed E-state index contributed by atoms with van der Waals surface area (Å²) in [6, 6.07) is 7.05. The van der Waals surface area contributed by atoms with Gasteiger partial charge in [-0.25, -0.2) is 4.79 Å². The van der Waals surface area contributed by atoms with Crippen LogP contribution in [0, 0.1) is 5.92 Å². The Morgan fingerprint density at radius 2 is 1.77 bits per heavy atom. The maximum absolute atomic E-state index is 12.0. The van der Waals surface area contributed by atoms with Gasteiger partial charge in [0, 0.05) is 11.1 Å². The molecule has 0 spiro atoms. The van der Waals surface area contributed by atoms with Gasteiger partial charge < -0.3 is 15.7 Å². The standard InChI is InChI=1S/C16H21ClN2O3/c1-10(11-2-6-13(17)7-3-11)18-16(22)19-14-8-4-12(5-9-14)15(20)21/h2-3,6-7,10,12,14H,4-5,8-9H2,1H3,(H,20,21)(H2,18,19,22). The summed E-state index contributed by atoms with van der Waals surface area (Å²) in [6.07, 6.45) is 2.65. The Morgan fingerprint density at radius 1 is 1.18 bits per heavy atom. The topological polar surface area (TPSA) is 78.4 Å². The second-order valence-corrected chi connectivity index (χ2v) is 6.21. The van der Waals surface area contributed by atoms with E-state index in [1.165, 1.54) is 0 Å². The first-order chi connectivity index (χ1) is 10.5. The third-order valence-electron chi connectivity index (χ3n) is 4.13. The molecule has 3 N–H and O–H groups in total. The molecule has 0 heterocycles. The first kappa shape index (κ1) is 16.6. The Balaban J connectivity index is 1.78. The number of carbonyl (C=O) groups excluding carboxylic acids is 1. The summed E-state index contributed by atoms with van der Waals surface area (Å²) in [6.45, 7) is 1.91. The average Bonchev–Trinajstić information content (AvgIpc) is 2.48. The molecule has 0 aliphatic heterocycles. The Labute approximate surface area is 135 Å². The fraction of sp³-hybridized carbons (Fsp3) is 0.500. The van der Waals surface area contributed by atoms with E-state index in [4.69, 9.17) is 16.7 Å². The van der Waals surface area contributed by atoms with Crippen molar-refractivity contribution >= 4 is 23.6 Å². The molecule has 1 atom stereocenters. The van der Waals surface area contributed by atoms with Gasteiger partial charge in [0.15, 0.2) is 0 Å². The van der Waals surface area contributed by atoms with Crippen LogP contribution in [-0.2, 0) is 4.79 Å². The molecule has 1 aromatic rings. The van der Waals surface area contributed by atoms with Gasteiger partial charge in [-0.3, -0.25) is 4.79 Å². The third kappa shape index (κ3) is 4.63. The molecule has 1 aliphatic carbocycles. The smallest absolute Gasteiger partial charge is 0.315 e. The van der Waals surface area contributed by atoms with Crippen molar-refractivity contribution in [1.82, 2.24) is 10.6 Å². The molecule has 1 unspecified atom stereocenters. The lowest BCUT2D eigenvalue weighted by Crippen LogP contribution is -2.44. The summed E-state index contributed by atoms with van der Waals surface area (Å²) >= 11 is 5.84. The number of benzene rings is 1. The minimum Gasteiger partial charge on any atom is -0.481 e. The highest BCUT2D eigenvalue weighted by molar-refractivity contribution is 6.30. The van der Waals surface area contributed by atoms with E-state index in [1.54, 1.807) is 12.1 Å². The molecule has 0 bridgehead atoms. The van der Waals surface area contributed by atoms with Crippen LogP contribution in [0.2, 0.25) is 5.02 Å². The molecule has 2 rings (SSSR count). The van der Waals surface area contributed by atoms with Gasteiger partial charge in [0.1, 0.15) is 0 Å². The molecule has 0 saturated heterocycles. The number of aliphatic carboxylic acids is 1. The molecule has 6 heteroatoms. The molecule has 120 valence electrons. The van der Waals surface area contributed by atoms with Gasteiger partial charge in [-0.15, -0.1) is 0 Å². The largest absolute Gasteiger partial charge is 0.481 e. The fourth-order valence-electron chi connectivity index (χ4n) is 2.74. The minimum atomic E-state index is -0.737. The first-order valence-electron chi connectivity index (χ1n) is 7.51. The van der Waals surface area contributed by atoms with Crippen molar-refractivity contribution < 1.29 is 14.7 Å². The zero-order chi connectivity index (χ0) is 16.1. The lowest BCUT2D eigenvalue weighted by molar-refractivity contribution is -0.142. The van der Waals surface area contributed by atoms with Gasteiger partial charge in [-0.2, -0.15) is 0 Å². The highest BCUT2D eigenvalue weighted by atomic mass is 35.5. The molecule has 5 nitrogen and oxygen atoms in total. The molecular formula is C16H21ClN2O3. The van der Waals surface area contributed by atoms with Crippen LogP contribution in [0.4, 0.5) is 4.79 Å². The van der Waals surface area contributed by atoms with Crippen LogP contribution in [0.1, 0.15) is 44.2 Å². The average molecular weight is 325 g/mol. The Hall–Kier alpha value is -1.75. The Morgan fingerprint density at radius 3 is 2.32 bits per heavy atom. The maximum atomic E-state index is 12.0. The van der Waals surface area contributed by atoms with Crippen molar-refractivity contribution in [2.45, 2.75) is 44.7 Å². The molecule has 1 fully saturated rings. The maximum Gasteiger partial charge on any atom is 0.315 e. The number of halogens is 1. The second kappa shape index (κ2) is 7.49. The van der Waals surface area contributed by atoms with Gasteiger partial charge in [-0.05, 0) is 50.3 Å². The number of amides is 2. The highest BCUT2D eigenvalue weighted by Gasteiger charge is 2.26. The Bertz CT molecular complexity index is 525. The van der Waals surface area contributed by atoms with Crippen LogP contribution in [0.5, 0.6) is 0 Å². The summed E-state index contributed by atoms with van der Waals surface area (Å²) in [7, 11) is 0. The van der Waals surface area contributed by atoms with E-state index in [0.29, 0.717) is 30.7 Å². The SMILES string of the molecule is CC(NC(=O)NC1CCC(C(=O)O)CC1)c1ccc(Cl)cc1. The van der Waals surface area contributed by atoms with Crippen molar-refractivity contribution in [2.75, 3.05) is 0 Å². The van der Waals surface area contributed by atoms with Crippen molar-refractivity contribution in [1.29, 1.82) is 0 Å². The molecule has 0 radical (unpaired) electrons. The number of hydrogen-bond donors (Lipinski definition) is 3. The Kier molecular flexibility index (Phi) is 5.66. The normalized spacial score (nSPS) is 22.6. The number of carboxylic acid groups (broad SMARTS) is 1. The summed E-state index contributed by atoms with van der Waals surface area (Å²) in [5.74, 6) is -1.01. The van der Waals surface area contributed by atoms with Crippen molar-refractivity contribution in [2.24, 2.45) is 5.92 Å². The zero-order valence-electron chi connectivity index (χ0n) is 12.5. The predicted molar refractivity (Wildman–Crippen MR) is 84.9 cm³/mol. The van der Waals surface area contributed by atoms with Crippen LogP contribution in [0.15, 0.2) is 24.3 Å². The molecular weight excluding hydrogens is 304 g/mol. The van der Waals surface area contributed by atoms with Crippen molar-refractivity contribution in [3.8, 4) is 0 Å². The molecule has 2 amide bonds. The molecule has 0 aromatic heterocycles. The minimum absolute atomic E-state index is 0.0491. The van der Waals surface area contributed by atoms with Crippen molar-refractivity contribution in [3.63, 3.8) is 0 Å². The van der Waals surface area contributed by atoms with Crippen LogP contribution < -0.4 is 10.6 Å². The highest BCUT2D eigenvalue weighted by Crippen LogP contribution is 2.24. The molecule has 22 heavy (non-hydrogen) atoms. The van der Waals surface area contributed by atoms with Gasteiger partial charge >= 0.3 is 12.0 Å². The van der Waals surface area contributed by atoms with E-state index in [9.17, 15) is 9.59 Å². The van der Waals surface area contributed by atoms with Gasteiger partial charge in [0.05, 0.1) is 12.0 Å². The van der Waals surface area contributed by atoms with Gasteiger partial charge in [0.25, 0.3) is 0 Å². The monoisotopic (exact) mass is 324 g/mol. The summed E-state index contributed by atoms with van der Waals surface area (Å²) < 4.78 is 0. The molecule has 1 aromatic carbocycles. The van der Waals surface area contributed by atoms with Crippen molar-refractivity contribution in [3.05, 3.63) is 34.9 Å². The number of carboxylic acids is 1. The molecule has 1 saturated carbocycles. The van der Waals surface area contributed by atoms with Crippen LogP contribution in [-0.4, -0.2) is 23.1 Å². The van der Waals surface area contributed by atoms with Crippen LogP contribution in [0.25, 0.3) is 0 Å². The summed E-state index contributed by atoms with van der Waals surface area (Å²) in [5.41, 5.74) is 0.981. The van der Waals surface area contributed by atoms with E-state index in [2.05, 4.69) is 10.6 Å². The van der Waals surface area contributed by atoms with Gasteiger partial charge in [-0.1, -0.05) is 23.7 Å². The number of rotatable bonds is 4. The number of nitrogens with one attached hydrogen (secondary N) is 2. The van der Waals surface area contributed by atoms with E-state index in [-0.39, 0.29) is 24.0 Å². The second-order valence-electron chi connectivity index (χ2n) is 5.78. The predicted octanol–water partition coefficient (Wildman–Crippen LogP) is 3.34. The van der Waals surface area contributed by atoms with E-state index in [0.717, 1.165) is 5.56 Å². The fourth-order valence-corrected chi connectivity index (χ4v) is 2.87. The van der Waals surface area contributed by atoms with E-state index >= 15 is 0 Å². The quantitative estimate of drug-likeness (QED) is 0.794. The lowest BCUT2D eigenvalue weighted by Gasteiger charge is -2.27. The number of carbonyl (C=O) groups is 2. The first-order valence-corrected chi connectivity index (χ1v) is 7.89. The van der Waals surface area contributed by atoms with Gasteiger partial charge in [0.2, 0.25) is 0 Å². The van der Waals surface area contributed by atoms with E-state index < -0.39 is 5.97 Å². The number of urea groups is 1. The summed E-state index contributed by atoms with van der Waals surface area (Å²) in [5, 5.41) is 15.4.